The summed E-state index contributed by atoms with van der Waals surface area (Å²) in [6.07, 6.45) is 0.117. The van der Waals surface area contributed by atoms with E-state index in [0.29, 0.717) is 0 Å². The Labute approximate surface area is 144 Å². The molecule has 0 bridgehead atoms. The van der Waals surface area contributed by atoms with Gasteiger partial charge in [-0.15, -0.1) is 0 Å². The zero-order valence-corrected chi connectivity index (χ0v) is 14.0. The van der Waals surface area contributed by atoms with E-state index >= 15 is 0 Å². The molecule has 1 unspecified atom stereocenters. The standard InChI is InChI=1S/C17H19N3O5/c1-19-8-13(7-18)16(22)20(17(19)23)9-14(21)11-25-10-12-3-5-15(24-2)6-4-12/h3-6,8,14,21H,9-11H2,1-2H3. The minimum absolute atomic E-state index is 0.0571. The molecule has 0 aliphatic heterocycles. The average Bonchev–Trinajstić information content (AvgIpc) is 2.62. The highest BCUT2D eigenvalue weighted by atomic mass is 16.5. The summed E-state index contributed by atoms with van der Waals surface area (Å²) >= 11 is 0. The SMILES string of the molecule is COc1ccc(COCC(O)Cn2c(=O)c(C#N)cn(C)c2=O)cc1. The number of aromatic nitrogens is 2. The van der Waals surface area contributed by atoms with Crippen LogP contribution in [0.15, 0.2) is 40.1 Å². The highest BCUT2D eigenvalue weighted by Crippen LogP contribution is 2.12. The van der Waals surface area contributed by atoms with Crippen molar-refractivity contribution in [2.45, 2.75) is 19.3 Å². The van der Waals surface area contributed by atoms with Crippen LogP contribution in [0.4, 0.5) is 0 Å². The molecule has 0 aliphatic rings. The van der Waals surface area contributed by atoms with Crippen LogP contribution < -0.4 is 16.0 Å². The Balaban J connectivity index is 1.97. The van der Waals surface area contributed by atoms with Crippen molar-refractivity contribution in [3.63, 3.8) is 0 Å². The Hall–Kier alpha value is -2.89. The Bertz CT molecular complexity index is 877. The summed E-state index contributed by atoms with van der Waals surface area (Å²) in [5.41, 5.74) is -0.584. The lowest BCUT2D eigenvalue weighted by molar-refractivity contribution is 0.0191. The van der Waals surface area contributed by atoms with E-state index in [-0.39, 0.29) is 25.3 Å². The number of methoxy groups -OCH3 is 1. The van der Waals surface area contributed by atoms with Gasteiger partial charge in [-0.2, -0.15) is 5.26 Å². The third-order valence-electron chi connectivity index (χ3n) is 3.58. The molecule has 0 fully saturated rings. The number of aliphatic hydroxyl groups is 1. The van der Waals surface area contributed by atoms with E-state index in [1.807, 2.05) is 12.1 Å². The lowest BCUT2D eigenvalue weighted by Crippen LogP contribution is -2.43. The molecule has 1 aromatic heterocycles. The largest absolute Gasteiger partial charge is 0.497 e. The van der Waals surface area contributed by atoms with Gasteiger partial charge in [-0.25, -0.2) is 4.79 Å². The number of nitriles is 1. The first-order valence-electron chi connectivity index (χ1n) is 7.55. The molecule has 0 amide bonds. The molecule has 8 heteroatoms. The van der Waals surface area contributed by atoms with Gasteiger partial charge < -0.3 is 19.1 Å². The normalized spacial score (nSPS) is 11.8. The molecule has 1 aromatic carbocycles. The zero-order chi connectivity index (χ0) is 18.4. The van der Waals surface area contributed by atoms with Gasteiger partial charge in [0, 0.05) is 13.2 Å². The molecule has 2 rings (SSSR count). The summed E-state index contributed by atoms with van der Waals surface area (Å²) < 4.78 is 12.4. The summed E-state index contributed by atoms with van der Waals surface area (Å²) in [6.45, 7) is -0.0335. The molecule has 0 spiro atoms. The van der Waals surface area contributed by atoms with Gasteiger partial charge in [-0.3, -0.25) is 9.36 Å². The number of ether oxygens (including phenoxy) is 2. The van der Waals surface area contributed by atoms with Crippen molar-refractivity contribution in [3.8, 4) is 11.8 Å². The van der Waals surface area contributed by atoms with Crippen LogP contribution in [-0.2, 0) is 24.9 Å². The first-order valence-corrected chi connectivity index (χ1v) is 7.55. The summed E-state index contributed by atoms with van der Waals surface area (Å²) in [5.74, 6) is 0.733. The lowest BCUT2D eigenvalue weighted by atomic mass is 10.2. The summed E-state index contributed by atoms with van der Waals surface area (Å²) in [5, 5.41) is 19.0. The van der Waals surface area contributed by atoms with Crippen LogP contribution in [0.2, 0.25) is 0 Å². The Kier molecular flexibility index (Phi) is 6.11. The van der Waals surface area contributed by atoms with Crippen LogP contribution in [0.25, 0.3) is 0 Å². The second-order valence-electron chi connectivity index (χ2n) is 5.48. The van der Waals surface area contributed by atoms with Crippen LogP contribution >= 0.6 is 0 Å². The molecule has 1 heterocycles. The van der Waals surface area contributed by atoms with Crippen molar-refractivity contribution in [3.05, 3.63) is 62.4 Å². The average molecular weight is 345 g/mol. The predicted molar refractivity (Wildman–Crippen MR) is 89.3 cm³/mol. The Morgan fingerprint density at radius 1 is 1.28 bits per heavy atom. The predicted octanol–water partition coefficient (Wildman–Crippen LogP) is 0.00498. The van der Waals surface area contributed by atoms with Crippen LogP contribution in [-0.4, -0.2) is 34.1 Å². The number of aryl methyl sites for hydroxylation is 1. The molecule has 132 valence electrons. The number of benzene rings is 1. The molecule has 2 aromatic rings. The van der Waals surface area contributed by atoms with Crippen molar-refractivity contribution >= 4 is 0 Å². The monoisotopic (exact) mass is 345 g/mol. The maximum atomic E-state index is 12.0. The molecular formula is C17H19N3O5. The van der Waals surface area contributed by atoms with E-state index in [2.05, 4.69) is 0 Å². The lowest BCUT2D eigenvalue weighted by Gasteiger charge is -2.13. The Morgan fingerprint density at radius 3 is 2.56 bits per heavy atom. The smallest absolute Gasteiger partial charge is 0.330 e. The van der Waals surface area contributed by atoms with Gasteiger partial charge in [-0.05, 0) is 17.7 Å². The van der Waals surface area contributed by atoms with Gasteiger partial charge in [0.25, 0.3) is 5.56 Å². The highest BCUT2D eigenvalue weighted by Gasteiger charge is 2.14. The number of nitrogens with zero attached hydrogens (tertiary/aromatic N) is 3. The van der Waals surface area contributed by atoms with E-state index < -0.39 is 17.4 Å². The first-order chi connectivity index (χ1) is 12.0. The fraction of sp³-hybridized carbons (Fsp3) is 0.353. The van der Waals surface area contributed by atoms with Crippen LogP contribution in [0.1, 0.15) is 11.1 Å². The maximum Gasteiger partial charge on any atom is 0.330 e. The second kappa shape index (κ2) is 8.28. The van der Waals surface area contributed by atoms with Crippen molar-refractivity contribution < 1.29 is 14.6 Å². The van der Waals surface area contributed by atoms with Gasteiger partial charge in [0.2, 0.25) is 0 Å². The van der Waals surface area contributed by atoms with Gasteiger partial charge >= 0.3 is 5.69 Å². The maximum absolute atomic E-state index is 12.0. The van der Waals surface area contributed by atoms with Crippen molar-refractivity contribution in [1.29, 1.82) is 5.26 Å². The minimum Gasteiger partial charge on any atom is -0.497 e. The molecule has 0 saturated heterocycles. The van der Waals surface area contributed by atoms with E-state index in [9.17, 15) is 14.7 Å². The number of hydrogen-bond acceptors (Lipinski definition) is 6. The van der Waals surface area contributed by atoms with Gasteiger partial charge in [0.15, 0.2) is 0 Å². The third kappa shape index (κ3) is 4.56. The van der Waals surface area contributed by atoms with Crippen LogP contribution in [0.5, 0.6) is 5.75 Å². The summed E-state index contributed by atoms with van der Waals surface area (Å²) in [4.78, 5) is 24.0. The van der Waals surface area contributed by atoms with E-state index in [1.54, 1.807) is 25.3 Å². The fourth-order valence-electron chi connectivity index (χ4n) is 2.26. The highest BCUT2D eigenvalue weighted by molar-refractivity contribution is 5.26. The second-order valence-corrected chi connectivity index (χ2v) is 5.48. The van der Waals surface area contributed by atoms with Gasteiger partial charge in [-0.1, -0.05) is 12.1 Å². The molecular weight excluding hydrogens is 326 g/mol. The van der Waals surface area contributed by atoms with Gasteiger partial charge in [0.1, 0.15) is 17.4 Å². The molecule has 0 aliphatic carbocycles. The molecule has 0 radical (unpaired) electrons. The minimum atomic E-state index is -1.06. The number of rotatable bonds is 7. The van der Waals surface area contributed by atoms with Crippen LogP contribution in [0.3, 0.4) is 0 Å². The molecule has 8 nitrogen and oxygen atoms in total. The zero-order valence-electron chi connectivity index (χ0n) is 14.0. The first kappa shape index (κ1) is 18.4. The molecule has 0 saturated carbocycles. The van der Waals surface area contributed by atoms with E-state index in [1.165, 1.54) is 13.2 Å². The van der Waals surface area contributed by atoms with E-state index in [4.69, 9.17) is 14.7 Å². The van der Waals surface area contributed by atoms with Crippen molar-refractivity contribution in [2.24, 2.45) is 7.05 Å². The molecule has 25 heavy (non-hydrogen) atoms. The quantitative estimate of drug-likeness (QED) is 0.757. The van der Waals surface area contributed by atoms with Crippen molar-refractivity contribution in [1.82, 2.24) is 9.13 Å². The van der Waals surface area contributed by atoms with E-state index in [0.717, 1.165) is 20.4 Å². The summed E-state index contributed by atoms with van der Waals surface area (Å²) in [7, 11) is 3.01. The number of hydrogen-bond donors (Lipinski definition) is 1. The molecule has 1 N–H and O–H groups in total. The topological polar surface area (TPSA) is 106 Å². The molecule has 1 atom stereocenters. The van der Waals surface area contributed by atoms with Gasteiger partial charge in [0.05, 0.1) is 33.0 Å². The van der Waals surface area contributed by atoms with Crippen molar-refractivity contribution in [2.75, 3.05) is 13.7 Å². The fourth-order valence-corrected chi connectivity index (χ4v) is 2.26. The summed E-state index contributed by atoms with van der Waals surface area (Å²) in [6, 6.07) is 9.00. The third-order valence-corrected chi connectivity index (χ3v) is 3.58. The number of aliphatic hydroxyl groups excluding tert-OH is 1. The van der Waals surface area contributed by atoms with Crippen LogP contribution in [0, 0.1) is 11.3 Å². The Morgan fingerprint density at radius 2 is 1.96 bits per heavy atom.